The number of nitrogens with zero attached hydrogens (tertiary/aromatic N) is 2. The molecule has 4 rings (SSSR count). The Kier molecular flexibility index (Phi) is 5.29. The summed E-state index contributed by atoms with van der Waals surface area (Å²) in [5.74, 6) is 0.509. The Labute approximate surface area is 166 Å². The highest BCUT2D eigenvalue weighted by atomic mass is 32.1. The van der Waals surface area contributed by atoms with Crippen molar-refractivity contribution in [2.75, 3.05) is 25.0 Å². The van der Waals surface area contributed by atoms with Crippen LogP contribution in [0, 0.1) is 5.92 Å². The molecule has 1 fully saturated rings. The molecule has 2 amide bonds. The first-order valence-electron chi connectivity index (χ1n) is 9.40. The van der Waals surface area contributed by atoms with Crippen molar-refractivity contribution in [2.45, 2.75) is 19.8 Å². The third-order valence-electron chi connectivity index (χ3n) is 4.82. The van der Waals surface area contributed by atoms with Crippen LogP contribution < -0.4 is 5.32 Å². The molecule has 8 heteroatoms. The van der Waals surface area contributed by atoms with Gasteiger partial charge in [-0.1, -0.05) is 6.07 Å². The van der Waals surface area contributed by atoms with E-state index in [0.717, 1.165) is 34.6 Å². The van der Waals surface area contributed by atoms with Crippen LogP contribution in [0.1, 0.15) is 19.8 Å². The number of hydrogen-bond donors (Lipinski definition) is 2. The Hall–Kier alpha value is -2.87. The molecule has 28 heavy (non-hydrogen) atoms. The zero-order valence-electron chi connectivity index (χ0n) is 15.6. The predicted molar refractivity (Wildman–Crippen MR) is 109 cm³/mol. The minimum absolute atomic E-state index is 0.0775. The molecule has 1 unspecified atom stereocenters. The highest BCUT2D eigenvalue weighted by Crippen LogP contribution is 2.26. The van der Waals surface area contributed by atoms with Crippen molar-refractivity contribution >= 4 is 40.1 Å². The number of anilines is 1. The SMILES string of the molecule is CCOC(=O)N1CCCC(C(=O)Nc2ccc3nc(-c4cccs4)[nH]c3c2)C1. The van der Waals surface area contributed by atoms with Gasteiger partial charge >= 0.3 is 6.09 Å². The highest BCUT2D eigenvalue weighted by molar-refractivity contribution is 7.13. The van der Waals surface area contributed by atoms with Crippen LogP contribution in [0.2, 0.25) is 0 Å². The number of fused-ring (bicyclic) bond motifs is 1. The lowest BCUT2D eigenvalue weighted by Gasteiger charge is -2.31. The number of nitrogens with one attached hydrogen (secondary N) is 2. The summed E-state index contributed by atoms with van der Waals surface area (Å²) in [6.45, 7) is 3.14. The first-order chi connectivity index (χ1) is 13.6. The number of hydrogen-bond acceptors (Lipinski definition) is 5. The molecule has 3 aromatic rings. The lowest BCUT2D eigenvalue weighted by atomic mass is 9.97. The fraction of sp³-hybridized carbons (Fsp3) is 0.350. The van der Waals surface area contributed by atoms with Gasteiger partial charge in [0.15, 0.2) is 0 Å². The maximum absolute atomic E-state index is 12.7. The lowest BCUT2D eigenvalue weighted by molar-refractivity contribution is -0.121. The number of piperidine rings is 1. The number of likely N-dealkylation sites (tertiary alicyclic amines) is 1. The molecular weight excluding hydrogens is 376 g/mol. The van der Waals surface area contributed by atoms with Gasteiger partial charge in [-0.25, -0.2) is 9.78 Å². The molecule has 0 radical (unpaired) electrons. The maximum Gasteiger partial charge on any atom is 0.409 e. The van der Waals surface area contributed by atoms with Crippen molar-refractivity contribution in [1.29, 1.82) is 0 Å². The van der Waals surface area contributed by atoms with Crippen LogP contribution >= 0.6 is 11.3 Å². The van der Waals surface area contributed by atoms with Crippen molar-refractivity contribution in [1.82, 2.24) is 14.9 Å². The summed E-state index contributed by atoms with van der Waals surface area (Å²) in [7, 11) is 0. The van der Waals surface area contributed by atoms with E-state index in [1.165, 1.54) is 0 Å². The van der Waals surface area contributed by atoms with E-state index in [2.05, 4.69) is 15.3 Å². The zero-order valence-corrected chi connectivity index (χ0v) is 16.4. The number of carbonyl (C=O) groups is 2. The van der Waals surface area contributed by atoms with E-state index in [4.69, 9.17) is 4.74 Å². The number of carbonyl (C=O) groups excluding carboxylic acids is 2. The van der Waals surface area contributed by atoms with Crippen LogP contribution in [0.3, 0.4) is 0 Å². The van der Waals surface area contributed by atoms with Crippen molar-refractivity contribution < 1.29 is 14.3 Å². The van der Waals surface area contributed by atoms with Crippen molar-refractivity contribution in [3.8, 4) is 10.7 Å². The molecule has 7 nitrogen and oxygen atoms in total. The van der Waals surface area contributed by atoms with Gasteiger partial charge < -0.3 is 19.9 Å². The molecule has 2 aromatic heterocycles. The van der Waals surface area contributed by atoms with Gasteiger partial charge in [-0.05, 0) is 49.4 Å². The lowest BCUT2D eigenvalue weighted by Crippen LogP contribution is -2.44. The number of imidazole rings is 1. The molecule has 1 saturated heterocycles. The Morgan fingerprint density at radius 1 is 1.39 bits per heavy atom. The van der Waals surface area contributed by atoms with Gasteiger partial charge in [0.25, 0.3) is 0 Å². The normalized spacial score (nSPS) is 16.9. The van der Waals surface area contributed by atoms with E-state index < -0.39 is 0 Å². The maximum atomic E-state index is 12.7. The van der Waals surface area contributed by atoms with Gasteiger partial charge in [0.2, 0.25) is 5.91 Å². The topological polar surface area (TPSA) is 87.3 Å². The Balaban J connectivity index is 1.45. The minimum Gasteiger partial charge on any atom is -0.450 e. The summed E-state index contributed by atoms with van der Waals surface area (Å²) in [5, 5.41) is 4.99. The number of aromatic nitrogens is 2. The van der Waals surface area contributed by atoms with E-state index in [9.17, 15) is 9.59 Å². The third-order valence-corrected chi connectivity index (χ3v) is 5.70. The number of ether oxygens (including phenoxy) is 1. The monoisotopic (exact) mass is 398 g/mol. The van der Waals surface area contributed by atoms with E-state index in [0.29, 0.717) is 25.4 Å². The quantitative estimate of drug-likeness (QED) is 0.693. The zero-order chi connectivity index (χ0) is 19.5. The number of H-pyrrole nitrogens is 1. The predicted octanol–water partition coefficient (Wildman–Crippen LogP) is 4.10. The second kappa shape index (κ2) is 8.02. The molecular formula is C20H22N4O3S. The van der Waals surface area contributed by atoms with Crippen LogP contribution in [0.25, 0.3) is 21.7 Å². The van der Waals surface area contributed by atoms with Crippen molar-refractivity contribution in [3.63, 3.8) is 0 Å². The van der Waals surface area contributed by atoms with Gasteiger partial charge in [-0.2, -0.15) is 0 Å². The summed E-state index contributed by atoms with van der Waals surface area (Å²) in [4.78, 5) is 35.2. The van der Waals surface area contributed by atoms with E-state index in [-0.39, 0.29) is 17.9 Å². The third kappa shape index (κ3) is 3.87. The second-order valence-electron chi connectivity index (χ2n) is 6.77. The molecule has 0 aliphatic carbocycles. The van der Waals surface area contributed by atoms with Crippen LogP contribution in [0.15, 0.2) is 35.7 Å². The van der Waals surface area contributed by atoms with Crippen LogP contribution in [0.5, 0.6) is 0 Å². The summed E-state index contributed by atoms with van der Waals surface area (Å²) in [6, 6.07) is 9.64. The molecule has 2 N–H and O–H groups in total. The smallest absolute Gasteiger partial charge is 0.409 e. The van der Waals surface area contributed by atoms with Crippen molar-refractivity contribution in [3.05, 3.63) is 35.7 Å². The first kappa shape index (κ1) is 18.5. The number of aromatic amines is 1. The second-order valence-corrected chi connectivity index (χ2v) is 7.72. The first-order valence-corrected chi connectivity index (χ1v) is 10.3. The van der Waals surface area contributed by atoms with Gasteiger partial charge in [-0.3, -0.25) is 4.79 Å². The Morgan fingerprint density at radius 3 is 3.07 bits per heavy atom. The molecule has 3 heterocycles. The number of benzene rings is 1. The average Bonchev–Trinajstić information content (AvgIpc) is 3.37. The molecule has 0 saturated carbocycles. The Bertz CT molecular complexity index is 983. The minimum atomic E-state index is -0.347. The fourth-order valence-electron chi connectivity index (χ4n) is 3.43. The molecule has 146 valence electrons. The highest BCUT2D eigenvalue weighted by Gasteiger charge is 2.29. The van der Waals surface area contributed by atoms with Gasteiger partial charge in [0.1, 0.15) is 5.82 Å². The standard InChI is InChI=1S/C20H22N4O3S/c1-2-27-20(26)24-9-3-5-13(12-24)19(25)21-14-7-8-15-16(11-14)23-18(22-15)17-6-4-10-28-17/h4,6-8,10-11,13H,2-3,5,9,12H2,1H3,(H,21,25)(H,22,23). The fourth-order valence-corrected chi connectivity index (χ4v) is 4.10. The molecule has 1 aliphatic rings. The van der Waals surface area contributed by atoms with Gasteiger partial charge in [0, 0.05) is 18.8 Å². The molecule has 0 spiro atoms. The summed E-state index contributed by atoms with van der Waals surface area (Å²) in [6.07, 6.45) is 1.21. The average molecular weight is 398 g/mol. The summed E-state index contributed by atoms with van der Waals surface area (Å²) < 4.78 is 5.05. The van der Waals surface area contributed by atoms with Crippen molar-refractivity contribution in [2.24, 2.45) is 5.92 Å². The Morgan fingerprint density at radius 2 is 2.29 bits per heavy atom. The molecule has 1 aliphatic heterocycles. The van der Waals surface area contributed by atoms with E-state index in [1.54, 1.807) is 23.2 Å². The molecule has 0 bridgehead atoms. The van der Waals surface area contributed by atoms with Crippen LogP contribution in [-0.2, 0) is 9.53 Å². The van der Waals surface area contributed by atoms with Gasteiger partial charge in [0.05, 0.1) is 28.4 Å². The number of rotatable bonds is 4. The van der Waals surface area contributed by atoms with Crippen LogP contribution in [-0.4, -0.2) is 46.6 Å². The summed E-state index contributed by atoms with van der Waals surface area (Å²) in [5.41, 5.74) is 2.44. The summed E-state index contributed by atoms with van der Waals surface area (Å²) >= 11 is 1.62. The number of amides is 2. The number of thiophene rings is 1. The van der Waals surface area contributed by atoms with Gasteiger partial charge in [-0.15, -0.1) is 11.3 Å². The van der Waals surface area contributed by atoms with E-state index in [1.807, 2.05) is 35.7 Å². The van der Waals surface area contributed by atoms with Crippen LogP contribution in [0.4, 0.5) is 10.5 Å². The largest absolute Gasteiger partial charge is 0.450 e. The van der Waals surface area contributed by atoms with E-state index >= 15 is 0 Å². The molecule has 1 atom stereocenters. The molecule has 1 aromatic carbocycles.